The lowest BCUT2D eigenvalue weighted by Crippen LogP contribution is -2.19. The van der Waals surface area contributed by atoms with E-state index in [-0.39, 0.29) is 22.5 Å². The summed E-state index contributed by atoms with van der Waals surface area (Å²) < 4.78 is 69.1. The standard InChI is InChI=1S/C31H36O6S2/c32-38(33,34)29-19-18-28(25-16-2-1-3-17-26(25)29)37-39(35,36)31-27(21-10-4-5-11-21)20-23-14-8-9-15-24(23)30(31)22-12-6-7-13-22/h8-9,14-15,18-22H,1-7,10-13,16-17H2,(H,32,33,34). The van der Waals surface area contributed by atoms with Crippen molar-refractivity contribution in [2.75, 3.05) is 0 Å². The summed E-state index contributed by atoms with van der Waals surface area (Å²) in [6.07, 6.45) is 11.6. The van der Waals surface area contributed by atoms with E-state index < -0.39 is 20.2 Å². The molecule has 0 spiro atoms. The second kappa shape index (κ2) is 10.5. The first kappa shape index (κ1) is 26.8. The third-order valence-electron chi connectivity index (χ3n) is 9.05. The Balaban J connectivity index is 1.55. The van der Waals surface area contributed by atoms with Gasteiger partial charge in [0.15, 0.2) is 0 Å². The molecule has 6 rings (SSSR count). The van der Waals surface area contributed by atoms with Crippen LogP contribution in [0.15, 0.2) is 52.3 Å². The Bertz CT molecular complexity index is 1610. The fraction of sp³-hybridized carbons (Fsp3) is 0.484. The molecule has 0 atom stereocenters. The minimum Gasteiger partial charge on any atom is -0.379 e. The minimum absolute atomic E-state index is 0.145. The smallest absolute Gasteiger partial charge is 0.339 e. The number of hydrogen-bond acceptors (Lipinski definition) is 5. The zero-order valence-corrected chi connectivity index (χ0v) is 23.8. The van der Waals surface area contributed by atoms with E-state index in [4.69, 9.17) is 4.18 Å². The van der Waals surface area contributed by atoms with Crippen LogP contribution >= 0.6 is 0 Å². The summed E-state index contributed by atoms with van der Waals surface area (Å²) in [6.45, 7) is 0. The molecule has 1 N–H and O–H groups in total. The summed E-state index contributed by atoms with van der Waals surface area (Å²) in [5, 5.41) is 2.06. The molecule has 3 aliphatic rings. The van der Waals surface area contributed by atoms with Crippen LogP contribution in [-0.4, -0.2) is 21.4 Å². The second-order valence-electron chi connectivity index (χ2n) is 11.5. The molecule has 2 fully saturated rings. The van der Waals surface area contributed by atoms with Crippen LogP contribution < -0.4 is 4.18 Å². The number of benzene rings is 3. The van der Waals surface area contributed by atoms with Crippen molar-refractivity contribution in [2.24, 2.45) is 0 Å². The molecule has 208 valence electrons. The normalized spacial score (nSPS) is 19.3. The van der Waals surface area contributed by atoms with Crippen LogP contribution in [0.5, 0.6) is 5.75 Å². The van der Waals surface area contributed by atoms with Gasteiger partial charge in [0.2, 0.25) is 0 Å². The van der Waals surface area contributed by atoms with Gasteiger partial charge in [0, 0.05) is 5.56 Å². The van der Waals surface area contributed by atoms with E-state index in [1.165, 1.54) is 12.1 Å². The van der Waals surface area contributed by atoms with E-state index >= 15 is 0 Å². The number of hydrogen-bond donors (Lipinski definition) is 1. The van der Waals surface area contributed by atoms with Gasteiger partial charge in [-0.1, -0.05) is 56.4 Å². The van der Waals surface area contributed by atoms with Crippen LogP contribution in [0.4, 0.5) is 0 Å². The first-order chi connectivity index (χ1) is 18.7. The molecule has 0 aliphatic heterocycles. The van der Waals surface area contributed by atoms with Crippen molar-refractivity contribution in [3.63, 3.8) is 0 Å². The predicted octanol–water partition coefficient (Wildman–Crippen LogP) is 7.44. The van der Waals surface area contributed by atoms with Crippen molar-refractivity contribution in [3.8, 4) is 5.75 Å². The van der Waals surface area contributed by atoms with Gasteiger partial charge in [-0.15, -0.1) is 0 Å². The first-order valence-electron chi connectivity index (χ1n) is 14.4. The average molecular weight is 569 g/mol. The van der Waals surface area contributed by atoms with Crippen LogP contribution in [-0.2, 0) is 33.1 Å². The van der Waals surface area contributed by atoms with Gasteiger partial charge in [0.1, 0.15) is 10.6 Å². The SMILES string of the molecule is O=S(=O)(O)c1ccc(OS(=O)(=O)c2c(C3CCCC3)cc3ccccc3c2C2CCCC2)c2c1CCCCC2. The average Bonchev–Trinajstić information content (AvgIpc) is 3.58. The molecule has 0 aromatic heterocycles. The highest BCUT2D eigenvalue weighted by Crippen LogP contribution is 2.47. The largest absolute Gasteiger partial charge is 0.379 e. The minimum atomic E-state index is -4.44. The lowest BCUT2D eigenvalue weighted by atomic mass is 9.86. The maximum absolute atomic E-state index is 14.5. The van der Waals surface area contributed by atoms with Crippen molar-refractivity contribution in [1.82, 2.24) is 0 Å². The molecular formula is C31H36O6S2. The zero-order valence-electron chi connectivity index (χ0n) is 22.2. The lowest BCUT2D eigenvalue weighted by Gasteiger charge is -2.25. The molecule has 6 nitrogen and oxygen atoms in total. The third-order valence-corrected chi connectivity index (χ3v) is 11.3. The van der Waals surface area contributed by atoms with Crippen LogP contribution in [0.25, 0.3) is 10.8 Å². The van der Waals surface area contributed by atoms with E-state index in [2.05, 4.69) is 12.1 Å². The highest BCUT2D eigenvalue weighted by atomic mass is 32.2. The Kier molecular flexibility index (Phi) is 7.23. The molecule has 0 heterocycles. The number of rotatable bonds is 6. The molecular weight excluding hydrogens is 532 g/mol. The van der Waals surface area contributed by atoms with E-state index in [0.29, 0.717) is 28.9 Å². The van der Waals surface area contributed by atoms with E-state index in [0.717, 1.165) is 92.5 Å². The van der Waals surface area contributed by atoms with Gasteiger partial charge in [0.25, 0.3) is 10.1 Å². The molecule has 8 heteroatoms. The third kappa shape index (κ3) is 5.11. The molecule has 0 saturated heterocycles. The number of fused-ring (bicyclic) bond motifs is 2. The fourth-order valence-corrected chi connectivity index (χ4v) is 9.59. The summed E-state index contributed by atoms with van der Waals surface area (Å²) in [5.41, 5.74) is 2.83. The summed E-state index contributed by atoms with van der Waals surface area (Å²) in [5.74, 6) is 0.507. The van der Waals surface area contributed by atoms with Crippen molar-refractivity contribution in [3.05, 3.63) is 64.7 Å². The highest BCUT2D eigenvalue weighted by Gasteiger charge is 2.36. The second-order valence-corrected chi connectivity index (χ2v) is 14.4. The maximum atomic E-state index is 14.5. The Morgan fingerprint density at radius 2 is 1.36 bits per heavy atom. The van der Waals surface area contributed by atoms with E-state index in [9.17, 15) is 21.4 Å². The van der Waals surface area contributed by atoms with Crippen molar-refractivity contribution in [2.45, 2.75) is 105 Å². The van der Waals surface area contributed by atoms with Gasteiger partial charge in [-0.3, -0.25) is 4.55 Å². The van der Waals surface area contributed by atoms with Crippen LogP contribution in [0.1, 0.15) is 105 Å². The van der Waals surface area contributed by atoms with Crippen molar-refractivity contribution < 1.29 is 25.6 Å². The van der Waals surface area contributed by atoms with Crippen LogP contribution in [0, 0.1) is 0 Å². The topological polar surface area (TPSA) is 97.7 Å². The van der Waals surface area contributed by atoms with Gasteiger partial charge >= 0.3 is 10.1 Å². The maximum Gasteiger partial charge on any atom is 0.339 e. The van der Waals surface area contributed by atoms with Gasteiger partial charge in [0.05, 0.1) is 4.90 Å². The van der Waals surface area contributed by atoms with Crippen LogP contribution in [0.2, 0.25) is 0 Å². The van der Waals surface area contributed by atoms with Gasteiger partial charge in [-0.2, -0.15) is 16.8 Å². The van der Waals surface area contributed by atoms with Crippen LogP contribution in [0.3, 0.4) is 0 Å². The van der Waals surface area contributed by atoms with Gasteiger partial charge < -0.3 is 4.18 Å². The molecule has 0 bridgehead atoms. The summed E-state index contributed by atoms with van der Waals surface area (Å²) in [6, 6.07) is 12.9. The first-order valence-corrected chi connectivity index (χ1v) is 17.2. The Morgan fingerprint density at radius 1 is 0.718 bits per heavy atom. The molecule has 2 saturated carbocycles. The monoisotopic (exact) mass is 568 g/mol. The fourth-order valence-electron chi connectivity index (χ4n) is 7.28. The molecule has 0 unspecified atom stereocenters. The summed E-state index contributed by atoms with van der Waals surface area (Å²) >= 11 is 0. The Labute approximate surface area is 231 Å². The summed E-state index contributed by atoms with van der Waals surface area (Å²) in [7, 11) is -8.68. The molecule has 3 aromatic carbocycles. The zero-order chi connectivity index (χ0) is 27.2. The Hall–Kier alpha value is -2.42. The highest BCUT2D eigenvalue weighted by molar-refractivity contribution is 7.87. The van der Waals surface area contributed by atoms with Gasteiger partial charge in [-0.05, 0) is 109 Å². The lowest BCUT2D eigenvalue weighted by molar-refractivity contribution is 0.475. The quantitative estimate of drug-likeness (QED) is 0.189. The van der Waals surface area contributed by atoms with Gasteiger partial charge in [-0.25, -0.2) is 0 Å². The van der Waals surface area contributed by atoms with E-state index in [1.54, 1.807) is 0 Å². The summed E-state index contributed by atoms with van der Waals surface area (Å²) in [4.78, 5) is 0.189. The Morgan fingerprint density at radius 3 is 2.05 bits per heavy atom. The molecule has 0 amide bonds. The van der Waals surface area contributed by atoms with Crippen molar-refractivity contribution >= 4 is 31.0 Å². The predicted molar refractivity (Wildman–Crippen MR) is 152 cm³/mol. The van der Waals surface area contributed by atoms with Crippen molar-refractivity contribution in [1.29, 1.82) is 0 Å². The van der Waals surface area contributed by atoms with E-state index in [1.807, 2.05) is 18.2 Å². The molecule has 39 heavy (non-hydrogen) atoms. The molecule has 3 aromatic rings. The molecule has 3 aliphatic carbocycles. The molecule has 0 radical (unpaired) electrons.